The molecule has 0 amide bonds. The minimum Gasteiger partial charge on any atom is -0.466 e. The summed E-state index contributed by atoms with van der Waals surface area (Å²) in [5, 5.41) is 0.818. The second-order valence-corrected chi connectivity index (χ2v) is 5.07. The van der Waals surface area contributed by atoms with E-state index in [4.69, 9.17) is 9.15 Å². The zero-order chi connectivity index (χ0) is 15.7. The Labute approximate surface area is 126 Å². The highest BCUT2D eigenvalue weighted by atomic mass is 16.5. The molecule has 5 heteroatoms. The first-order chi connectivity index (χ1) is 10.6. The molecule has 0 radical (unpaired) electrons. The summed E-state index contributed by atoms with van der Waals surface area (Å²) in [4.78, 5) is 27.2. The van der Waals surface area contributed by atoms with Gasteiger partial charge in [-0.2, -0.15) is 0 Å². The number of hydrogen-bond acceptors (Lipinski definition) is 4. The van der Waals surface area contributed by atoms with Crippen LogP contribution in [0.3, 0.4) is 0 Å². The molecule has 0 saturated carbocycles. The number of hydrogen-bond donors (Lipinski definition) is 1. The van der Waals surface area contributed by atoms with Crippen molar-refractivity contribution in [1.82, 2.24) is 4.98 Å². The van der Waals surface area contributed by atoms with Gasteiger partial charge in [0.15, 0.2) is 6.61 Å². The van der Waals surface area contributed by atoms with Crippen LogP contribution in [0.25, 0.3) is 10.9 Å². The van der Waals surface area contributed by atoms with E-state index in [0.717, 1.165) is 10.9 Å². The molecule has 0 fully saturated rings. The molecule has 0 saturated heterocycles. The second kappa shape index (κ2) is 5.52. The molecular weight excluding hydrogens is 282 g/mol. The van der Waals surface area contributed by atoms with Gasteiger partial charge in [0.25, 0.3) is 0 Å². The first-order valence-electron chi connectivity index (χ1n) is 6.89. The summed E-state index contributed by atoms with van der Waals surface area (Å²) in [6.07, 6.45) is 1.63. The Hall–Kier alpha value is -2.82. The highest BCUT2D eigenvalue weighted by Gasteiger charge is 2.18. The number of benzene rings is 1. The van der Waals surface area contributed by atoms with Crippen LogP contribution < -0.4 is 0 Å². The van der Waals surface area contributed by atoms with Crippen molar-refractivity contribution in [3.05, 3.63) is 59.2 Å². The standard InChI is InChI=1S/C17H15NO4/c1-10-7-13(11(2)22-10)17(20)21-9-16(19)14-8-18-15-6-4-3-5-12(14)15/h3-8,18H,9H2,1-2H3. The Balaban J connectivity index is 1.72. The number of carbonyl (C=O) groups is 2. The van der Waals surface area contributed by atoms with Gasteiger partial charge in [-0.3, -0.25) is 4.79 Å². The Morgan fingerprint density at radius 2 is 1.95 bits per heavy atom. The van der Waals surface area contributed by atoms with Crippen molar-refractivity contribution in [2.24, 2.45) is 0 Å². The van der Waals surface area contributed by atoms with Gasteiger partial charge in [0.05, 0.1) is 0 Å². The molecule has 0 aliphatic rings. The number of para-hydroxylation sites is 1. The average molecular weight is 297 g/mol. The molecule has 2 heterocycles. The van der Waals surface area contributed by atoms with Crippen molar-refractivity contribution in [1.29, 1.82) is 0 Å². The highest BCUT2D eigenvalue weighted by Crippen LogP contribution is 2.19. The van der Waals surface area contributed by atoms with Crippen LogP contribution in [0.1, 0.15) is 32.2 Å². The van der Waals surface area contributed by atoms with E-state index in [9.17, 15) is 9.59 Å². The van der Waals surface area contributed by atoms with Crippen molar-refractivity contribution in [3.63, 3.8) is 0 Å². The number of ketones is 1. The number of aromatic nitrogens is 1. The summed E-state index contributed by atoms with van der Waals surface area (Å²) in [6.45, 7) is 3.14. The molecule has 112 valence electrons. The molecule has 5 nitrogen and oxygen atoms in total. The summed E-state index contributed by atoms with van der Waals surface area (Å²) < 4.78 is 10.4. The van der Waals surface area contributed by atoms with Gasteiger partial charge >= 0.3 is 5.97 Å². The number of aryl methyl sites for hydroxylation is 2. The lowest BCUT2D eigenvalue weighted by Gasteiger charge is -2.03. The van der Waals surface area contributed by atoms with E-state index in [1.807, 2.05) is 24.3 Å². The Morgan fingerprint density at radius 1 is 1.18 bits per heavy atom. The van der Waals surface area contributed by atoms with Gasteiger partial charge in [0, 0.05) is 22.7 Å². The maximum absolute atomic E-state index is 12.2. The van der Waals surface area contributed by atoms with Crippen LogP contribution in [0, 0.1) is 13.8 Å². The van der Waals surface area contributed by atoms with E-state index in [1.165, 1.54) is 0 Å². The van der Waals surface area contributed by atoms with Crippen molar-refractivity contribution in [3.8, 4) is 0 Å². The summed E-state index contributed by atoms with van der Waals surface area (Å²) in [6, 6.07) is 9.09. The van der Waals surface area contributed by atoms with Crippen molar-refractivity contribution in [2.45, 2.75) is 13.8 Å². The van der Waals surface area contributed by atoms with E-state index < -0.39 is 5.97 Å². The third-order valence-corrected chi connectivity index (χ3v) is 3.48. The maximum atomic E-state index is 12.2. The molecule has 1 aromatic carbocycles. The van der Waals surface area contributed by atoms with Crippen molar-refractivity contribution >= 4 is 22.7 Å². The topological polar surface area (TPSA) is 72.3 Å². The Bertz CT molecular complexity index is 857. The first kappa shape index (κ1) is 14.1. The van der Waals surface area contributed by atoms with Gasteiger partial charge in [0.2, 0.25) is 5.78 Å². The van der Waals surface area contributed by atoms with Gasteiger partial charge < -0.3 is 14.1 Å². The number of rotatable bonds is 4. The van der Waals surface area contributed by atoms with Crippen LogP contribution in [0.2, 0.25) is 0 Å². The number of carbonyl (C=O) groups excluding carboxylic acids is 2. The number of fused-ring (bicyclic) bond motifs is 1. The smallest absolute Gasteiger partial charge is 0.342 e. The van der Waals surface area contributed by atoms with Crippen LogP contribution in [0.5, 0.6) is 0 Å². The van der Waals surface area contributed by atoms with E-state index >= 15 is 0 Å². The summed E-state index contributed by atoms with van der Waals surface area (Å²) in [5.41, 5.74) is 1.74. The fourth-order valence-electron chi connectivity index (χ4n) is 2.42. The maximum Gasteiger partial charge on any atom is 0.342 e. The fourth-order valence-corrected chi connectivity index (χ4v) is 2.42. The predicted octanol–water partition coefficient (Wildman–Crippen LogP) is 3.42. The lowest BCUT2D eigenvalue weighted by atomic mass is 10.1. The van der Waals surface area contributed by atoms with Gasteiger partial charge in [-0.1, -0.05) is 18.2 Å². The minimum atomic E-state index is -0.553. The third-order valence-electron chi connectivity index (χ3n) is 3.48. The molecular formula is C17H15NO4. The number of Topliss-reactive ketones (excluding diaryl/α,β-unsaturated/α-hetero) is 1. The molecule has 3 aromatic rings. The molecule has 0 atom stereocenters. The number of nitrogens with one attached hydrogen (secondary N) is 1. The quantitative estimate of drug-likeness (QED) is 0.591. The number of ether oxygens (including phenoxy) is 1. The number of aromatic amines is 1. The zero-order valence-corrected chi connectivity index (χ0v) is 12.3. The lowest BCUT2D eigenvalue weighted by Crippen LogP contribution is -2.14. The Morgan fingerprint density at radius 3 is 2.68 bits per heavy atom. The monoisotopic (exact) mass is 297 g/mol. The van der Waals surface area contributed by atoms with Gasteiger partial charge in [-0.15, -0.1) is 0 Å². The number of furan rings is 1. The molecule has 0 unspecified atom stereocenters. The van der Waals surface area contributed by atoms with Crippen LogP contribution in [-0.2, 0) is 4.74 Å². The zero-order valence-electron chi connectivity index (χ0n) is 12.3. The lowest BCUT2D eigenvalue weighted by molar-refractivity contribution is 0.0473. The Kier molecular flexibility index (Phi) is 3.55. The largest absolute Gasteiger partial charge is 0.466 e. The molecule has 0 aliphatic carbocycles. The number of H-pyrrole nitrogens is 1. The summed E-state index contributed by atoms with van der Waals surface area (Å²) in [7, 11) is 0. The highest BCUT2D eigenvalue weighted by molar-refractivity contribution is 6.09. The third kappa shape index (κ3) is 2.53. The molecule has 22 heavy (non-hydrogen) atoms. The van der Waals surface area contributed by atoms with Crippen molar-refractivity contribution < 1.29 is 18.7 Å². The van der Waals surface area contributed by atoms with Crippen LogP contribution in [-0.4, -0.2) is 23.3 Å². The van der Waals surface area contributed by atoms with E-state index in [-0.39, 0.29) is 12.4 Å². The van der Waals surface area contributed by atoms with Crippen LogP contribution in [0.15, 0.2) is 40.9 Å². The molecule has 1 N–H and O–H groups in total. The van der Waals surface area contributed by atoms with Crippen LogP contribution >= 0.6 is 0 Å². The van der Waals surface area contributed by atoms with Crippen molar-refractivity contribution in [2.75, 3.05) is 6.61 Å². The molecule has 2 aromatic heterocycles. The fraction of sp³-hybridized carbons (Fsp3) is 0.176. The van der Waals surface area contributed by atoms with E-state index in [1.54, 1.807) is 26.1 Å². The van der Waals surface area contributed by atoms with Gasteiger partial charge in [0.1, 0.15) is 17.1 Å². The summed E-state index contributed by atoms with van der Waals surface area (Å²) in [5.74, 6) is 0.320. The van der Waals surface area contributed by atoms with Crippen LogP contribution in [0.4, 0.5) is 0 Å². The summed E-state index contributed by atoms with van der Waals surface area (Å²) >= 11 is 0. The predicted molar refractivity (Wildman–Crippen MR) is 81.1 cm³/mol. The number of esters is 1. The van der Waals surface area contributed by atoms with E-state index in [2.05, 4.69) is 4.98 Å². The SMILES string of the molecule is Cc1cc(C(=O)OCC(=O)c2c[nH]c3ccccc23)c(C)o1. The van der Waals surface area contributed by atoms with Gasteiger partial charge in [-0.25, -0.2) is 4.79 Å². The molecule has 0 spiro atoms. The van der Waals surface area contributed by atoms with E-state index in [0.29, 0.717) is 22.6 Å². The minimum absolute atomic E-state index is 0.247. The normalized spacial score (nSPS) is 10.8. The van der Waals surface area contributed by atoms with Gasteiger partial charge in [-0.05, 0) is 26.0 Å². The molecule has 3 rings (SSSR count). The second-order valence-electron chi connectivity index (χ2n) is 5.07. The molecule has 0 aliphatic heterocycles. The first-order valence-corrected chi connectivity index (χ1v) is 6.89. The molecule has 0 bridgehead atoms. The average Bonchev–Trinajstić information content (AvgIpc) is 3.07.